The van der Waals surface area contributed by atoms with Crippen LogP contribution in [0.3, 0.4) is 0 Å². The van der Waals surface area contributed by atoms with Gasteiger partial charge in [-0.2, -0.15) is 5.10 Å². The number of hydrogen-bond acceptors (Lipinski definition) is 4. The molecule has 0 aliphatic rings. The molecule has 0 amide bonds. The van der Waals surface area contributed by atoms with Gasteiger partial charge in [0, 0.05) is 24.3 Å². The van der Waals surface area contributed by atoms with Crippen molar-refractivity contribution >= 4 is 22.3 Å². The number of nitrogens with one attached hydrogen (secondary N) is 2. The molecule has 5 heteroatoms. The first kappa shape index (κ1) is 11.5. The number of anilines is 2. The van der Waals surface area contributed by atoms with Crippen LogP contribution in [0.1, 0.15) is 5.56 Å². The first-order valence-corrected chi connectivity index (χ1v) is 6.18. The minimum absolute atomic E-state index is 0.739. The largest absolute Gasteiger partial charge is 0.397 e. The summed E-state index contributed by atoms with van der Waals surface area (Å²) in [5.41, 5.74) is 9.93. The van der Waals surface area contributed by atoms with Crippen LogP contribution in [0.4, 0.5) is 11.4 Å². The average Bonchev–Trinajstić information content (AvgIpc) is 2.87. The van der Waals surface area contributed by atoms with E-state index < -0.39 is 0 Å². The van der Waals surface area contributed by atoms with Crippen LogP contribution in [0.2, 0.25) is 0 Å². The summed E-state index contributed by atoms with van der Waals surface area (Å²) in [7, 11) is 0. The quantitative estimate of drug-likeness (QED) is 0.623. The first-order chi connectivity index (χ1) is 9.33. The van der Waals surface area contributed by atoms with Crippen LogP contribution >= 0.6 is 0 Å². The van der Waals surface area contributed by atoms with E-state index in [4.69, 9.17) is 5.73 Å². The summed E-state index contributed by atoms with van der Waals surface area (Å²) < 4.78 is 0. The molecular formula is C14H15N5. The summed E-state index contributed by atoms with van der Waals surface area (Å²) in [4.78, 5) is 4.00. The number of nitrogens with zero attached hydrogens (tertiary/aromatic N) is 2. The summed E-state index contributed by atoms with van der Waals surface area (Å²) >= 11 is 0. The molecule has 0 atom stereocenters. The molecule has 0 aliphatic heterocycles. The van der Waals surface area contributed by atoms with Gasteiger partial charge in [-0.15, -0.1) is 0 Å². The van der Waals surface area contributed by atoms with Crippen LogP contribution in [0.5, 0.6) is 0 Å². The van der Waals surface area contributed by atoms with E-state index in [1.807, 2.05) is 24.3 Å². The lowest BCUT2D eigenvalue weighted by Gasteiger charge is -2.09. The lowest BCUT2D eigenvalue weighted by atomic mass is 10.2. The molecular weight excluding hydrogens is 238 g/mol. The maximum absolute atomic E-state index is 6.01. The number of benzene rings is 1. The minimum Gasteiger partial charge on any atom is -0.397 e. The molecule has 2 heterocycles. The van der Waals surface area contributed by atoms with Crippen molar-refractivity contribution < 1.29 is 0 Å². The fraction of sp³-hybridized carbons (Fsp3) is 0.143. The van der Waals surface area contributed by atoms with Gasteiger partial charge in [-0.3, -0.25) is 10.1 Å². The van der Waals surface area contributed by atoms with Gasteiger partial charge in [0.2, 0.25) is 0 Å². The van der Waals surface area contributed by atoms with Crippen molar-refractivity contribution in [2.75, 3.05) is 17.6 Å². The Hall–Kier alpha value is -2.56. The molecule has 0 saturated heterocycles. The van der Waals surface area contributed by atoms with Crippen LogP contribution in [-0.4, -0.2) is 21.7 Å². The standard InChI is InChI=1S/C14H15N5/c15-12-7-11-9-18-19-13(11)8-14(12)17-6-3-10-1-4-16-5-2-10/h1-2,4-5,7-9,17H,3,6,15H2,(H,18,19). The third kappa shape index (κ3) is 2.49. The van der Waals surface area contributed by atoms with Crippen LogP contribution in [0.15, 0.2) is 42.9 Å². The summed E-state index contributed by atoms with van der Waals surface area (Å²) in [5, 5.41) is 11.3. The maximum Gasteiger partial charge on any atom is 0.0672 e. The number of H-pyrrole nitrogens is 1. The number of pyridine rings is 1. The van der Waals surface area contributed by atoms with Crippen LogP contribution in [0.25, 0.3) is 10.9 Å². The average molecular weight is 253 g/mol. The van der Waals surface area contributed by atoms with Gasteiger partial charge < -0.3 is 11.1 Å². The van der Waals surface area contributed by atoms with Crippen LogP contribution in [0, 0.1) is 0 Å². The Morgan fingerprint density at radius 1 is 1.21 bits per heavy atom. The lowest BCUT2D eigenvalue weighted by Crippen LogP contribution is -2.06. The molecule has 4 N–H and O–H groups in total. The van der Waals surface area contributed by atoms with Crippen molar-refractivity contribution in [1.82, 2.24) is 15.2 Å². The molecule has 2 aromatic heterocycles. The van der Waals surface area contributed by atoms with Crippen molar-refractivity contribution in [3.05, 3.63) is 48.4 Å². The Morgan fingerprint density at radius 3 is 2.89 bits per heavy atom. The third-order valence-electron chi connectivity index (χ3n) is 3.09. The number of nitrogen functional groups attached to an aromatic ring is 1. The maximum atomic E-state index is 6.01. The smallest absolute Gasteiger partial charge is 0.0672 e. The SMILES string of the molecule is Nc1cc2cn[nH]c2cc1NCCc1ccncc1. The van der Waals surface area contributed by atoms with E-state index in [1.54, 1.807) is 18.6 Å². The molecule has 0 aliphatic carbocycles. The number of aromatic nitrogens is 3. The Bertz CT molecular complexity index is 675. The fourth-order valence-electron chi connectivity index (χ4n) is 2.05. The molecule has 0 bridgehead atoms. The number of aromatic amines is 1. The normalized spacial score (nSPS) is 10.7. The van der Waals surface area contributed by atoms with Gasteiger partial charge in [0.15, 0.2) is 0 Å². The molecule has 19 heavy (non-hydrogen) atoms. The molecule has 0 spiro atoms. The van der Waals surface area contributed by atoms with Gasteiger partial charge in [-0.05, 0) is 36.2 Å². The van der Waals surface area contributed by atoms with Crippen LogP contribution < -0.4 is 11.1 Å². The van der Waals surface area contributed by atoms with Gasteiger partial charge >= 0.3 is 0 Å². The summed E-state index contributed by atoms with van der Waals surface area (Å²) in [6, 6.07) is 7.95. The molecule has 1 aromatic carbocycles. The second kappa shape index (κ2) is 4.97. The summed E-state index contributed by atoms with van der Waals surface area (Å²) in [6.45, 7) is 0.827. The minimum atomic E-state index is 0.739. The zero-order valence-corrected chi connectivity index (χ0v) is 10.4. The molecule has 0 unspecified atom stereocenters. The molecule has 5 nitrogen and oxygen atoms in total. The molecule has 0 saturated carbocycles. The number of rotatable bonds is 4. The molecule has 3 aromatic rings. The number of hydrogen-bond donors (Lipinski definition) is 3. The van der Waals surface area contributed by atoms with Crippen molar-refractivity contribution in [2.45, 2.75) is 6.42 Å². The highest BCUT2D eigenvalue weighted by Gasteiger charge is 2.03. The van der Waals surface area contributed by atoms with E-state index in [1.165, 1.54) is 5.56 Å². The van der Waals surface area contributed by atoms with Crippen molar-refractivity contribution in [3.63, 3.8) is 0 Å². The highest BCUT2D eigenvalue weighted by molar-refractivity contribution is 5.88. The Balaban J connectivity index is 1.69. The van der Waals surface area contributed by atoms with E-state index >= 15 is 0 Å². The van der Waals surface area contributed by atoms with E-state index in [0.717, 1.165) is 35.2 Å². The Labute approximate surface area is 110 Å². The monoisotopic (exact) mass is 253 g/mol. The van der Waals surface area contributed by atoms with E-state index in [2.05, 4.69) is 20.5 Å². The van der Waals surface area contributed by atoms with Gasteiger partial charge in [0.25, 0.3) is 0 Å². The Morgan fingerprint density at radius 2 is 2.05 bits per heavy atom. The second-order valence-corrected chi connectivity index (χ2v) is 4.43. The highest BCUT2D eigenvalue weighted by Crippen LogP contribution is 2.24. The molecule has 3 rings (SSSR count). The zero-order chi connectivity index (χ0) is 13.1. The van der Waals surface area contributed by atoms with Crippen molar-refractivity contribution in [3.8, 4) is 0 Å². The van der Waals surface area contributed by atoms with Gasteiger partial charge in [0.1, 0.15) is 0 Å². The van der Waals surface area contributed by atoms with Crippen molar-refractivity contribution in [1.29, 1.82) is 0 Å². The second-order valence-electron chi connectivity index (χ2n) is 4.43. The summed E-state index contributed by atoms with van der Waals surface area (Å²) in [5.74, 6) is 0. The molecule has 0 fully saturated rings. The molecule has 96 valence electrons. The predicted octanol–water partition coefficient (Wildman–Crippen LogP) is 2.19. The number of nitrogens with two attached hydrogens (primary N) is 1. The zero-order valence-electron chi connectivity index (χ0n) is 10.4. The topological polar surface area (TPSA) is 79.6 Å². The third-order valence-corrected chi connectivity index (χ3v) is 3.09. The highest BCUT2D eigenvalue weighted by atomic mass is 15.1. The molecule has 0 radical (unpaired) electrons. The van der Waals surface area contributed by atoms with Crippen molar-refractivity contribution in [2.24, 2.45) is 0 Å². The van der Waals surface area contributed by atoms with Gasteiger partial charge in [0.05, 0.1) is 23.1 Å². The fourth-order valence-corrected chi connectivity index (χ4v) is 2.05. The van der Waals surface area contributed by atoms with E-state index in [-0.39, 0.29) is 0 Å². The predicted molar refractivity (Wildman–Crippen MR) is 76.9 cm³/mol. The van der Waals surface area contributed by atoms with Gasteiger partial charge in [-0.25, -0.2) is 0 Å². The van der Waals surface area contributed by atoms with Crippen LogP contribution in [-0.2, 0) is 6.42 Å². The van der Waals surface area contributed by atoms with E-state index in [0.29, 0.717) is 0 Å². The van der Waals surface area contributed by atoms with E-state index in [9.17, 15) is 0 Å². The Kier molecular flexibility index (Phi) is 3.02. The summed E-state index contributed by atoms with van der Waals surface area (Å²) in [6.07, 6.45) is 6.32. The first-order valence-electron chi connectivity index (χ1n) is 6.18. The van der Waals surface area contributed by atoms with Gasteiger partial charge in [-0.1, -0.05) is 0 Å². The lowest BCUT2D eigenvalue weighted by molar-refractivity contribution is 1.01. The number of fused-ring (bicyclic) bond motifs is 1.